The summed E-state index contributed by atoms with van der Waals surface area (Å²) in [6, 6.07) is 5.02. The number of nitrogens with zero attached hydrogens (tertiary/aromatic N) is 3. The highest BCUT2D eigenvalue weighted by Crippen LogP contribution is 2.29. The number of anilines is 3. The summed E-state index contributed by atoms with van der Waals surface area (Å²) < 4.78 is 10.8. The smallest absolute Gasteiger partial charge is 0.407 e. The van der Waals surface area contributed by atoms with Gasteiger partial charge in [0.1, 0.15) is 17.2 Å². The van der Waals surface area contributed by atoms with Gasteiger partial charge in [-0.1, -0.05) is 26.7 Å². The van der Waals surface area contributed by atoms with Crippen molar-refractivity contribution in [3.63, 3.8) is 0 Å². The fourth-order valence-electron chi connectivity index (χ4n) is 4.12. The van der Waals surface area contributed by atoms with Gasteiger partial charge in [0.15, 0.2) is 11.5 Å². The maximum absolute atomic E-state index is 12.4. The lowest BCUT2D eigenvalue weighted by molar-refractivity contribution is 0.0488. The van der Waals surface area contributed by atoms with Crippen molar-refractivity contribution in [2.45, 2.75) is 83.9 Å². The summed E-state index contributed by atoms with van der Waals surface area (Å²) in [6.07, 6.45) is 3.20. The third-order valence-corrected chi connectivity index (χ3v) is 5.74. The van der Waals surface area contributed by atoms with Crippen molar-refractivity contribution in [3.05, 3.63) is 29.6 Å². The van der Waals surface area contributed by atoms with E-state index in [9.17, 15) is 9.59 Å². The molecule has 3 rings (SSSR count). The number of nitrogens with two attached hydrogens (primary N) is 1. The minimum atomic E-state index is -0.712. The minimum absolute atomic E-state index is 0.00339. The molecule has 2 aromatic heterocycles. The molecule has 11 heteroatoms. The van der Waals surface area contributed by atoms with Crippen LogP contribution in [-0.2, 0) is 4.74 Å². The van der Waals surface area contributed by atoms with E-state index < -0.39 is 17.6 Å². The quantitative estimate of drug-likeness (QED) is 0.420. The number of primary amides is 1. The van der Waals surface area contributed by atoms with Crippen LogP contribution in [0.4, 0.5) is 22.1 Å². The van der Waals surface area contributed by atoms with Crippen LogP contribution in [-0.4, -0.2) is 52.0 Å². The van der Waals surface area contributed by atoms with Gasteiger partial charge in [0.05, 0.1) is 24.5 Å². The van der Waals surface area contributed by atoms with Crippen molar-refractivity contribution in [1.29, 1.82) is 0 Å². The molecule has 0 radical (unpaired) electrons. The van der Waals surface area contributed by atoms with Crippen LogP contribution in [0.3, 0.4) is 0 Å². The Hall–Kier alpha value is -3.63. The first-order valence-electron chi connectivity index (χ1n) is 12.2. The molecule has 1 fully saturated rings. The summed E-state index contributed by atoms with van der Waals surface area (Å²) in [5.41, 5.74) is 6.12. The van der Waals surface area contributed by atoms with Crippen LogP contribution in [0.1, 0.15) is 82.4 Å². The van der Waals surface area contributed by atoms with Gasteiger partial charge >= 0.3 is 6.09 Å². The molecular formula is C25H37N7O4. The van der Waals surface area contributed by atoms with E-state index in [4.69, 9.17) is 15.2 Å². The largest absolute Gasteiger partial charge is 0.495 e. The van der Waals surface area contributed by atoms with E-state index in [0.29, 0.717) is 23.1 Å². The SMILES string of the molecule is COc1ccc(Nc2cc(NC3CCCCC3NC(=O)OC(C)(C)C)nnc2C(N)=O)nc1C(C)C. The molecule has 0 bridgehead atoms. The van der Waals surface area contributed by atoms with E-state index in [1.54, 1.807) is 19.2 Å². The van der Waals surface area contributed by atoms with Gasteiger partial charge < -0.3 is 31.2 Å². The Labute approximate surface area is 211 Å². The number of carbonyl (C=O) groups excluding carboxylic acids is 2. The molecule has 2 heterocycles. The summed E-state index contributed by atoms with van der Waals surface area (Å²) in [6.45, 7) is 9.52. The molecule has 36 heavy (non-hydrogen) atoms. The van der Waals surface area contributed by atoms with Crippen molar-refractivity contribution in [1.82, 2.24) is 20.5 Å². The Morgan fingerprint density at radius 3 is 2.39 bits per heavy atom. The Morgan fingerprint density at radius 1 is 1.08 bits per heavy atom. The standard InChI is InChI=1S/C25H37N7O4/c1-14(2)21-18(35-6)11-12-19(30-21)28-17-13-20(31-32-22(17)23(26)33)27-15-9-7-8-10-16(15)29-24(34)36-25(3,4)5/h11-16H,7-10H2,1-6H3,(H2,26,33)(H,29,34)(H2,27,28,30,31). The zero-order valence-electron chi connectivity index (χ0n) is 21.8. The molecule has 2 aromatic rings. The molecule has 0 aromatic carbocycles. The predicted octanol–water partition coefficient (Wildman–Crippen LogP) is 4.09. The first kappa shape index (κ1) is 27.0. The summed E-state index contributed by atoms with van der Waals surface area (Å²) in [7, 11) is 1.60. The second kappa shape index (κ2) is 11.4. The average Bonchev–Trinajstić information content (AvgIpc) is 2.79. The van der Waals surface area contributed by atoms with Gasteiger partial charge in [-0.3, -0.25) is 4.79 Å². The molecule has 0 saturated heterocycles. The highest BCUT2D eigenvalue weighted by molar-refractivity contribution is 5.97. The van der Waals surface area contributed by atoms with Crippen LogP contribution in [0.5, 0.6) is 5.75 Å². The monoisotopic (exact) mass is 499 g/mol. The molecular weight excluding hydrogens is 462 g/mol. The number of carbonyl (C=O) groups is 2. The number of aromatic nitrogens is 3. The van der Waals surface area contributed by atoms with E-state index in [1.807, 2.05) is 40.7 Å². The van der Waals surface area contributed by atoms with Gasteiger partial charge in [-0.15, -0.1) is 10.2 Å². The maximum Gasteiger partial charge on any atom is 0.407 e. The normalized spacial score (nSPS) is 17.9. The first-order chi connectivity index (χ1) is 17.0. The molecule has 1 saturated carbocycles. The van der Waals surface area contributed by atoms with Crippen LogP contribution in [0, 0.1) is 0 Å². The Morgan fingerprint density at radius 2 is 1.78 bits per heavy atom. The molecule has 2 atom stereocenters. The van der Waals surface area contributed by atoms with Crippen molar-refractivity contribution < 1.29 is 19.1 Å². The second-order valence-corrected chi connectivity index (χ2v) is 10.2. The first-order valence-corrected chi connectivity index (χ1v) is 12.2. The highest BCUT2D eigenvalue weighted by atomic mass is 16.6. The van der Waals surface area contributed by atoms with E-state index >= 15 is 0 Å². The molecule has 1 aliphatic carbocycles. The third-order valence-electron chi connectivity index (χ3n) is 5.74. The van der Waals surface area contributed by atoms with Gasteiger partial charge in [0.25, 0.3) is 5.91 Å². The summed E-state index contributed by atoms with van der Waals surface area (Å²) in [5.74, 6) is 1.06. The van der Waals surface area contributed by atoms with Gasteiger partial charge in [-0.25, -0.2) is 9.78 Å². The Balaban J connectivity index is 1.82. The van der Waals surface area contributed by atoms with E-state index in [1.165, 1.54) is 0 Å². The van der Waals surface area contributed by atoms with Crippen LogP contribution >= 0.6 is 0 Å². The molecule has 1 aliphatic rings. The van der Waals surface area contributed by atoms with Crippen molar-refractivity contribution in [2.24, 2.45) is 5.73 Å². The molecule has 2 unspecified atom stereocenters. The fourth-order valence-corrected chi connectivity index (χ4v) is 4.12. The number of ether oxygens (including phenoxy) is 2. The molecule has 11 nitrogen and oxygen atoms in total. The molecule has 0 aliphatic heterocycles. The second-order valence-electron chi connectivity index (χ2n) is 10.2. The van der Waals surface area contributed by atoms with Crippen LogP contribution in [0.25, 0.3) is 0 Å². The number of hydrogen-bond acceptors (Lipinski definition) is 9. The van der Waals surface area contributed by atoms with E-state index in [0.717, 1.165) is 31.4 Å². The molecule has 0 spiro atoms. The minimum Gasteiger partial charge on any atom is -0.495 e. The molecule has 5 N–H and O–H groups in total. The Kier molecular flexibility index (Phi) is 8.54. The van der Waals surface area contributed by atoms with Crippen LogP contribution in [0.15, 0.2) is 18.2 Å². The van der Waals surface area contributed by atoms with Crippen molar-refractivity contribution >= 4 is 29.3 Å². The number of methoxy groups -OCH3 is 1. The third kappa shape index (κ3) is 7.19. The lowest BCUT2D eigenvalue weighted by atomic mass is 9.90. The zero-order valence-corrected chi connectivity index (χ0v) is 21.8. The van der Waals surface area contributed by atoms with Gasteiger partial charge in [-0.05, 0) is 51.7 Å². The number of hydrogen-bond donors (Lipinski definition) is 4. The Bertz CT molecular complexity index is 1080. The van der Waals surface area contributed by atoms with Crippen molar-refractivity contribution in [3.8, 4) is 5.75 Å². The number of pyridine rings is 1. The zero-order chi connectivity index (χ0) is 26.5. The van der Waals surface area contributed by atoms with Gasteiger partial charge in [0, 0.05) is 12.1 Å². The number of nitrogens with one attached hydrogen (secondary N) is 3. The van der Waals surface area contributed by atoms with Crippen molar-refractivity contribution in [2.75, 3.05) is 17.7 Å². The summed E-state index contributed by atoms with van der Waals surface area (Å²) >= 11 is 0. The predicted molar refractivity (Wildman–Crippen MR) is 138 cm³/mol. The van der Waals surface area contributed by atoms with E-state index in [2.05, 4.69) is 31.1 Å². The average molecular weight is 500 g/mol. The van der Waals surface area contributed by atoms with E-state index in [-0.39, 0.29) is 23.7 Å². The van der Waals surface area contributed by atoms with Gasteiger partial charge in [-0.2, -0.15) is 0 Å². The fraction of sp³-hybridized carbons (Fsp3) is 0.560. The van der Waals surface area contributed by atoms with Crippen LogP contribution in [0.2, 0.25) is 0 Å². The lowest BCUT2D eigenvalue weighted by Crippen LogP contribution is -2.49. The summed E-state index contributed by atoms with van der Waals surface area (Å²) in [5, 5.41) is 17.7. The number of rotatable bonds is 8. The lowest BCUT2D eigenvalue weighted by Gasteiger charge is -2.33. The number of alkyl carbamates (subject to hydrolysis) is 1. The number of amides is 2. The molecule has 2 amide bonds. The maximum atomic E-state index is 12.4. The topological polar surface area (TPSA) is 153 Å². The summed E-state index contributed by atoms with van der Waals surface area (Å²) in [4.78, 5) is 29.0. The van der Waals surface area contributed by atoms with Gasteiger partial charge in [0.2, 0.25) is 0 Å². The van der Waals surface area contributed by atoms with Crippen LogP contribution < -0.4 is 26.4 Å². The highest BCUT2D eigenvalue weighted by Gasteiger charge is 2.29. The molecule has 196 valence electrons.